The summed E-state index contributed by atoms with van der Waals surface area (Å²) in [4.78, 5) is 18.2. The molecule has 1 amide bonds. The van der Waals surface area contributed by atoms with Crippen molar-refractivity contribution in [2.75, 3.05) is 11.1 Å². The average molecular weight is 404 g/mol. The van der Waals surface area contributed by atoms with Gasteiger partial charge in [0.25, 0.3) is 0 Å². The molecule has 0 bridgehead atoms. The first-order chi connectivity index (χ1) is 14.1. The van der Waals surface area contributed by atoms with Gasteiger partial charge in [0.2, 0.25) is 11.8 Å². The number of hydrogen-bond donors (Lipinski definition) is 2. The van der Waals surface area contributed by atoms with E-state index in [1.165, 1.54) is 11.8 Å². The molecular weight excluding hydrogens is 382 g/mol. The Morgan fingerprint density at radius 1 is 1.07 bits per heavy atom. The van der Waals surface area contributed by atoms with Gasteiger partial charge in [-0.3, -0.25) is 4.79 Å². The molecule has 29 heavy (non-hydrogen) atoms. The number of amides is 1. The second-order valence-corrected chi connectivity index (χ2v) is 7.91. The number of nitrogens with one attached hydrogen (secondary N) is 1. The zero-order valence-corrected chi connectivity index (χ0v) is 16.8. The predicted molar refractivity (Wildman–Crippen MR) is 119 cm³/mol. The maximum Gasteiger partial charge on any atom is 0.237 e. The van der Waals surface area contributed by atoms with E-state index in [0.29, 0.717) is 11.6 Å². The van der Waals surface area contributed by atoms with Crippen LogP contribution >= 0.6 is 11.8 Å². The van der Waals surface area contributed by atoms with Gasteiger partial charge in [0.05, 0.1) is 5.25 Å². The fraction of sp³-hybridized carbons (Fsp3) is 0.130. The average Bonchev–Trinajstić information content (AvgIpc) is 3.18. The summed E-state index contributed by atoms with van der Waals surface area (Å²) in [5, 5.41) is 2.81. The molecule has 5 nitrogen and oxygen atoms in total. The molecule has 1 unspecified atom stereocenters. The fourth-order valence-electron chi connectivity index (χ4n) is 2.95. The monoisotopic (exact) mass is 403 g/mol. The highest BCUT2D eigenvalue weighted by molar-refractivity contribution is 8.00. The number of carbonyl (C=O) groups excluding carboxylic acids is 1. The van der Waals surface area contributed by atoms with Crippen LogP contribution in [0.3, 0.4) is 0 Å². The Hall–Kier alpha value is -3.25. The minimum Gasteiger partial charge on any atom is -0.436 e. The molecule has 1 heterocycles. The van der Waals surface area contributed by atoms with Gasteiger partial charge in [0.15, 0.2) is 5.58 Å². The van der Waals surface area contributed by atoms with Crippen LogP contribution in [-0.4, -0.2) is 16.1 Å². The van der Waals surface area contributed by atoms with Crippen molar-refractivity contribution in [3.05, 3.63) is 72.8 Å². The number of nitrogen functional groups attached to an aromatic ring is 1. The Morgan fingerprint density at radius 2 is 1.79 bits per heavy atom. The standard InChI is InChI=1S/C23H21N3O2S/c1-2-21(29-18-13-9-16(24)10-14-18)22(27)25-17-11-7-15(8-12-17)23-26-19-5-3-4-6-20(19)28-23/h3-14,21H,2,24H2,1H3,(H,25,27). The van der Waals surface area contributed by atoms with Crippen molar-refractivity contribution in [2.45, 2.75) is 23.5 Å². The van der Waals surface area contributed by atoms with E-state index in [4.69, 9.17) is 10.2 Å². The molecule has 1 aromatic heterocycles. The first-order valence-electron chi connectivity index (χ1n) is 9.41. The molecular formula is C23H21N3O2S. The number of oxazole rings is 1. The third-order valence-electron chi connectivity index (χ3n) is 4.51. The third kappa shape index (κ3) is 4.43. The summed E-state index contributed by atoms with van der Waals surface area (Å²) >= 11 is 1.53. The first kappa shape index (κ1) is 19.1. The highest BCUT2D eigenvalue weighted by atomic mass is 32.2. The van der Waals surface area contributed by atoms with E-state index in [9.17, 15) is 4.79 Å². The van der Waals surface area contributed by atoms with Crippen molar-refractivity contribution in [1.82, 2.24) is 4.98 Å². The molecule has 4 aromatic rings. The van der Waals surface area contributed by atoms with Crippen molar-refractivity contribution >= 4 is 40.1 Å². The summed E-state index contributed by atoms with van der Waals surface area (Å²) in [6.45, 7) is 2.00. The van der Waals surface area contributed by atoms with Gasteiger partial charge < -0.3 is 15.5 Å². The van der Waals surface area contributed by atoms with Crippen LogP contribution in [0.5, 0.6) is 0 Å². The summed E-state index contributed by atoms with van der Waals surface area (Å²) in [5.41, 5.74) is 9.63. The van der Waals surface area contributed by atoms with E-state index >= 15 is 0 Å². The SMILES string of the molecule is CCC(Sc1ccc(N)cc1)C(=O)Nc1ccc(-c2nc3ccccc3o2)cc1. The lowest BCUT2D eigenvalue weighted by Crippen LogP contribution is -2.24. The molecule has 146 valence electrons. The molecule has 0 aliphatic carbocycles. The number of fused-ring (bicyclic) bond motifs is 1. The number of nitrogens with zero attached hydrogens (tertiary/aromatic N) is 1. The lowest BCUT2D eigenvalue weighted by Gasteiger charge is -2.15. The summed E-state index contributed by atoms with van der Waals surface area (Å²) in [5.74, 6) is 0.540. The second-order valence-electron chi connectivity index (χ2n) is 6.64. The minimum atomic E-state index is -0.185. The number of para-hydroxylation sites is 2. The smallest absolute Gasteiger partial charge is 0.237 e. The minimum absolute atomic E-state index is 0.0241. The van der Waals surface area contributed by atoms with Crippen LogP contribution in [0.4, 0.5) is 11.4 Å². The summed E-state index contributed by atoms with van der Waals surface area (Å²) in [7, 11) is 0. The maximum absolute atomic E-state index is 12.7. The molecule has 4 rings (SSSR count). The largest absolute Gasteiger partial charge is 0.436 e. The molecule has 1 atom stereocenters. The van der Waals surface area contributed by atoms with Crippen molar-refractivity contribution in [3.63, 3.8) is 0 Å². The second kappa shape index (κ2) is 8.41. The van der Waals surface area contributed by atoms with Crippen LogP contribution in [0.1, 0.15) is 13.3 Å². The van der Waals surface area contributed by atoms with Gasteiger partial charge in [-0.05, 0) is 67.1 Å². The Bertz CT molecular complexity index is 1090. The Balaban J connectivity index is 1.44. The van der Waals surface area contributed by atoms with Crippen molar-refractivity contribution in [3.8, 4) is 11.5 Å². The van der Waals surface area contributed by atoms with Crippen LogP contribution in [0, 0.1) is 0 Å². The normalized spacial score (nSPS) is 12.0. The van der Waals surface area contributed by atoms with Gasteiger partial charge in [-0.25, -0.2) is 4.98 Å². The number of nitrogens with two attached hydrogens (primary N) is 1. The van der Waals surface area contributed by atoms with Crippen LogP contribution < -0.4 is 11.1 Å². The Morgan fingerprint density at radius 3 is 2.48 bits per heavy atom. The predicted octanol–water partition coefficient (Wildman–Crippen LogP) is 5.59. The third-order valence-corrected chi connectivity index (χ3v) is 5.89. The van der Waals surface area contributed by atoms with Gasteiger partial charge in [-0.2, -0.15) is 0 Å². The van der Waals surface area contributed by atoms with Gasteiger partial charge in [0, 0.05) is 21.8 Å². The molecule has 0 saturated heterocycles. The molecule has 0 aliphatic rings. The molecule has 3 aromatic carbocycles. The number of carbonyl (C=O) groups is 1. The number of rotatable bonds is 6. The maximum atomic E-state index is 12.7. The van der Waals surface area contributed by atoms with E-state index in [-0.39, 0.29) is 11.2 Å². The molecule has 0 fully saturated rings. The lowest BCUT2D eigenvalue weighted by molar-refractivity contribution is -0.115. The van der Waals surface area contributed by atoms with Gasteiger partial charge in [-0.1, -0.05) is 19.1 Å². The van der Waals surface area contributed by atoms with Crippen LogP contribution in [0.15, 0.2) is 82.1 Å². The Kier molecular flexibility index (Phi) is 5.53. The lowest BCUT2D eigenvalue weighted by atomic mass is 10.2. The van der Waals surface area contributed by atoms with Crippen molar-refractivity contribution in [1.29, 1.82) is 0 Å². The number of thioether (sulfide) groups is 1. The van der Waals surface area contributed by atoms with Gasteiger partial charge >= 0.3 is 0 Å². The van der Waals surface area contributed by atoms with Crippen LogP contribution in [0.2, 0.25) is 0 Å². The molecule has 0 aliphatic heterocycles. The molecule has 0 saturated carbocycles. The number of aromatic nitrogens is 1. The number of hydrogen-bond acceptors (Lipinski definition) is 5. The van der Waals surface area contributed by atoms with E-state index in [1.54, 1.807) is 0 Å². The summed E-state index contributed by atoms with van der Waals surface area (Å²) < 4.78 is 5.79. The fourth-order valence-corrected chi connectivity index (χ4v) is 3.90. The zero-order chi connectivity index (χ0) is 20.2. The quantitative estimate of drug-likeness (QED) is 0.324. The molecule has 0 spiro atoms. The highest BCUT2D eigenvalue weighted by Gasteiger charge is 2.18. The molecule has 3 N–H and O–H groups in total. The van der Waals surface area contributed by atoms with E-state index in [1.807, 2.05) is 79.7 Å². The summed E-state index contributed by atoms with van der Waals surface area (Å²) in [6.07, 6.45) is 0.724. The van der Waals surface area contributed by atoms with Crippen LogP contribution in [0.25, 0.3) is 22.6 Å². The summed E-state index contributed by atoms with van der Waals surface area (Å²) in [6, 6.07) is 22.7. The van der Waals surface area contributed by atoms with E-state index in [2.05, 4.69) is 10.3 Å². The number of anilines is 2. The topological polar surface area (TPSA) is 81.2 Å². The number of benzene rings is 3. The van der Waals surface area contributed by atoms with Crippen LogP contribution in [-0.2, 0) is 4.79 Å². The van der Waals surface area contributed by atoms with Gasteiger partial charge in [0.1, 0.15) is 5.52 Å². The van der Waals surface area contributed by atoms with E-state index < -0.39 is 0 Å². The first-order valence-corrected chi connectivity index (χ1v) is 10.3. The molecule has 0 radical (unpaired) electrons. The van der Waals surface area contributed by atoms with Gasteiger partial charge in [-0.15, -0.1) is 11.8 Å². The Labute approximate surface area is 173 Å². The van der Waals surface area contributed by atoms with E-state index in [0.717, 1.165) is 33.7 Å². The van der Waals surface area contributed by atoms with Crippen molar-refractivity contribution in [2.24, 2.45) is 0 Å². The zero-order valence-electron chi connectivity index (χ0n) is 16.0. The van der Waals surface area contributed by atoms with Crippen molar-refractivity contribution < 1.29 is 9.21 Å². The highest BCUT2D eigenvalue weighted by Crippen LogP contribution is 2.28. The molecule has 6 heteroatoms.